The van der Waals surface area contributed by atoms with E-state index in [1.54, 1.807) is 0 Å². The molecule has 11 aromatic rings. The number of benzene rings is 11. The van der Waals surface area contributed by atoms with Crippen LogP contribution in [0.4, 0.5) is 17.1 Å². The van der Waals surface area contributed by atoms with E-state index in [0.717, 1.165) is 17.1 Å². The molecule has 0 heterocycles. The maximum atomic E-state index is 2.40. The van der Waals surface area contributed by atoms with Crippen molar-refractivity contribution in [1.29, 1.82) is 0 Å². The van der Waals surface area contributed by atoms with Gasteiger partial charge >= 0.3 is 0 Å². The van der Waals surface area contributed by atoms with Crippen molar-refractivity contribution in [1.82, 2.24) is 0 Å². The molecule has 0 fully saturated rings. The molecule has 0 aromatic heterocycles. The lowest BCUT2D eigenvalue weighted by Gasteiger charge is -2.28. The van der Waals surface area contributed by atoms with Gasteiger partial charge in [0, 0.05) is 22.5 Å². The van der Waals surface area contributed by atoms with Crippen molar-refractivity contribution >= 4 is 61.5 Å². The predicted octanol–water partition coefficient (Wildman–Crippen LogP) is 18.1. The summed E-state index contributed by atoms with van der Waals surface area (Å²) in [5, 5.41) is 7.53. The Morgan fingerprint density at radius 2 is 0.788 bits per heavy atom. The first kappa shape index (κ1) is 39.3. The normalized spacial score (nSPS) is 12.8. The van der Waals surface area contributed by atoms with E-state index in [1.165, 1.54) is 99.1 Å². The summed E-state index contributed by atoms with van der Waals surface area (Å²) >= 11 is 0. The summed E-state index contributed by atoms with van der Waals surface area (Å²) in [6.07, 6.45) is 4.52. The first-order chi connectivity index (χ1) is 32.5. The minimum atomic E-state index is -0.155. The summed E-state index contributed by atoms with van der Waals surface area (Å²) in [6.45, 7) is 4.73. The average Bonchev–Trinajstić information content (AvgIpc) is 3.60. The van der Waals surface area contributed by atoms with Gasteiger partial charge in [-0.1, -0.05) is 208 Å². The Morgan fingerprint density at radius 3 is 1.44 bits per heavy atom. The van der Waals surface area contributed by atoms with E-state index in [9.17, 15) is 0 Å². The molecule has 1 nitrogen and oxygen atoms in total. The summed E-state index contributed by atoms with van der Waals surface area (Å²) in [4.78, 5) is 2.35. The zero-order valence-corrected chi connectivity index (χ0v) is 37.1. The SMILES string of the molecule is CC1(C)c2cc(/C=C/c3ccc4cc(-c5ccc6c(-c7ccccc7)c(-c7ccccc7)c7ccccc7c6c5)ccc4c3)ccc2-c2ccc(N(c3ccccc3)c3ccccc3)cc21. The second kappa shape index (κ2) is 16.1. The van der Waals surface area contributed by atoms with Crippen LogP contribution in [0.15, 0.2) is 237 Å². The minimum Gasteiger partial charge on any atom is -0.310 e. The number of anilines is 3. The fraction of sp³-hybridized carbons (Fsp3) is 0.0462. The van der Waals surface area contributed by atoms with Crippen LogP contribution in [-0.4, -0.2) is 0 Å². The zero-order valence-electron chi connectivity index (χ0n) is 37.1. The lowest BCUT2D eigenvalue weighted by atomic mass is 9.81. The highest BCUT2D eigenvalue weighted by Gasteiger charge is 2.36. The molecule has 11 aromatic carbocycles. The van der Waals surface area contributed by atoms with E-state index in [2.05, 4.69) is 267 Å². The van der Waals surface area contributed by atoms with Crippen molar-refractivity contribution in [2.45, 2.75) is 19.3 Å². The van der Waals surface area contributed by atoms with Crippen LogP contribution in [0.3, 0.4) is 0 Å². The van der Waals surface area contributed by atoms with Gasteiger partial charge in [-0.25, -0.2) is 0 Å². The molecule has 0 unspecified atom stereocenters. The molecule has 12 rings (SSSR count). The second-order valence-corrected chi connectivity index (χ2v) is 18.1. The van der Waals surface area contributed by atoms with Crippen molar-refractivity contribution < 1.29 is 0 Å². The molecular weight excluding hydrogens is 795 g/mol. The molecule has 1 aliphatic rings. The summed E-state index contributed by atoms with van der Waals surface area (Å²) < 4.78 is 0. The van der Waals surface area contributed by atoms with Crippen molar-refractivity contribution in [2.75, 3.05) is 4.90 Å². The van der Waals surface area contributed by atoms with Gasteiger partial charge in [0.2, 0.25) is 0 Å². The Hall–Kier alpha value is -8.26. The lowest BCUT2D eigenvalue weighted by Crippen LogP contribution is -2.16. The Bertz CT molecular complexity index is 3600. The maximum absolute atomic E-state index is 2.40. The number of hydrogen-bond donors (Lipinski definition) is 0. The largest absolute Gasteiger partial charge is 0.310 e. The van der Waals surface area contributed by atoms with Crippen molar-refractivity contribution in [3.63, 3.8) is 0 Å². The highest BCUT2D eigenvalue weighted by Crippen LogP contribution is 2.51. The second-order valence-electron chi connectivity index (χ2n) is 18.1. The van der Waals surface area contributed by atoms with Gasteiger partial charge in [-0.3, -0.25) is 0 Å². The Kier molecular flexibility index (Phi) is 9.58. The number of fused-ring (bicyclic) bond motifs is 7. The highest BCUT2D eigenvalue weighted by atomic mass is 15.1. The molecular formula is C65H47N. The van der Waals surface area contributed by atoms with Gasteiger partial charge in [-0.2, -0.15) is 0 Å². The van der Waals surface area contributed by atoms with Gasteiger partial charge < -0.3 is 4.90 Å². The molecule has 0 atom stereocenters. The van der Waals surface area contributed by atoms with Crippen LogP contribution in [0.2, 0.25) is 0 Å². The molecule has 0 aliphatic heterocycles. The number of hydrogen-bond acceptors (Lipinski definition) is 1. The van der Waals surface area contributed by atoms with E-state index in [1.807, 2.05) is 0 Å². The Balaban J connectivity index is 0.847. The molecule has 0 saturated carbocycles. The molecule has 0 amide bonds. The number of rotatable bonds is 8. The first-order valence-electron chi connectivity index (χ1n) is 23.0. The van der Waals surface area contributed by atoms with Crippen LogP contribution >= 0.6 is 0 Å². The van der Waals surface area contributed by atoms with Gasteiger partial charge in [0.05, 0.1) is 0 Å². The highest BCUT2D eigenvalue weighted by molar-refractivity contribution is 6.22. The maximum Gasteiger partial charge on any atom is 0.0465 e. The third kappa shape index (κ3) is 6.80. The summed E-state index contributed by atoms with van der Waals surface area (Å²) in [7, 11) is 0. The standard InChI is InChI=1S/C65H47N/c1-65(2)61-40-45(30-36-56(61)57-38-35-54(43-62(57)65)66(52-21-11-5-12-22-52)53-23-13-6-14-24-53)28-27-44-29-31-49-41-50(33-32-48(49)39-44)51-34-37-59-60(42-51)55-25-15-16-26-58(55)63(46-17-7-3-8-18-46)64(59)47-19-9-4-10-20-47/h3-43H,1-2H3/b28-27+. The fourth-order valence-corrected chi connectivity index (χ4v) is 10.5. The third-order valence-corrected chi connectivity index (χ3v) is 13.8. The number of para-hydroxylation sites is 2. The molecule has 0 bridgehead atoms. The van der Waals surface area contributed by atoms with Crippen molar-refractivity contribution in [3.8, 4) is 44.5 Å². The molecule has 0 radical (unpaired) electrons. The van der Waals surface area contributed by atoms with Gasteiger partial charge in [0.1, 0.15) is 0 Å². The molecule has 312 valence electrons. The Morgan fingerprint density at radius 1 is 0.318 bits per heavy atom. The van der Waals surface area contributed by atoms with Crippen LogP contribution in [-0.2, 0) is 5.41 Å². The topological polar surface area (TPSA) is 3.24 Å². The van der Waals surface area contributed by atoms with Crippen molar-refractivity contribution in [3.05, 3.63) is 259 Å². The minimum absolute atomic E-state index is 0.155. The van der Waals surface area contributed by atoms with Crippen LogP contribution in [0.1, 0.15) is 36.1 Å². The molecule has 1 aliphatic carbocycles. The molecule has 0 saturated heterocycles. The smallest absolute Gasteiger partial charge is 0.0465 e. The van der Waals surface area contributed by atoms with Crippen molar-refractivity contribution in [2.24, 2.45) is 0 Å². The summed E-state index contributed by atoms with van der Waals surface area (Å²) in [5.74, 6) is 0. The Labute approximate surface area is 387 Å². The molecule has 66 heavy (non-hydrogen) atoms. The quantitative estimate of drug-likeness (QED) is 0.109. The monoisotopic (exact) mass is 841 g/mol. The zero-order chi connectivity index (χ0) is 44.2. The fourth-order valence-electron chi connectivity index (χ4n) is 10.5. The third-order valence-electron chi connectivity index (χ3n) is 13.8. The van der Waals surface area contributed by atoms with E-state index in [0.29, 0.717) is 0 Å². The molecule has 1 heteroatoms. The van der Waals surface area contributed by atoms with E-state index in [4.69, 9.17) is 0 Å². The van der Waals surface area contributed by atoms with Crippen LogP contribution < -0.4 is 4.90 Å². The summed E-state index contributed by atoms with van der Waals surface area (Å²) in [6, 6.07) is 86.6. The summed E-state index contributed by atoms with van der Waals surface area (Å²) in [5.41, 5.74) is 18.5. The van der Waals surface area contributed by atoms with Crippen LogP contribution in [0, 0.1) is 0 Å². The van der Waals surface area contributed by atoms with E-state index < -0.39 is 0 Å². The molecule has 0 N–H and O–H groups in total. The average molecular weight is 842 g/mol. The van der Waals surface area contributed by atoms with E-state index in [-0.39, 0.29) is 5.41 Å². The van der Waals surface area contributed by atoms with Crippen LogP contribution in [0.25, 0.3) is 89.0 Å². The number of nitrogens with zero attached hydrogens (tertiary/aromatic N) is 1. The van der Waals surface area contributed by atoms with Gasteiger partial charge in [-0.15, -0.1) is 0 Å². The van der Waals surface area contributed by atoms with Gasteiger partial charge in [0.25, 0.3) is 0 Å². The van der Waals surface area contributed by atoms with Gasteiger partial charge in [-0.05, 0) is 154 Å². The molecule has 0 spiro atoms. The van der Waals surface area contributed by atoms with Crippen LogP contribution in [0.5, 0.6) is 0 Å². The predicted molar refractivity (Wildman–Crippen MR) is 283 cm³/mol. The van der Waals surface area contributed by atoms with E-state index >= 15 is 0 Å². The first-order valence-corrected chi connectivity index (χ1v) is 23.0. The van der Waals surface area contributed by atoms with Gasteiger partial charge in [0.15, 0.2) is 0 Å². The lowest BCUT2D eigenvalue weighted by molar-refractivity contribution is 0.660.